The Labute approximate surface area is 179 Å². The highest BCUT2D eigenvalue weighted by atomic mass is 127. The largest absolute Gasteiger partial charge is 0.489 e. The molecule has 148 valence electrons. The van der Waals surface area contributed by atoms with Crippen LogP contribution in [0.2, 0.25) is 0 Å². The smallest absolute Gasteiger partial charge is 0.191 e. The van der Waals surface area contributed by atoms with Crippen molar-refractivity contribution in [3.63, 3.8) is 0 Å². The summed E-state index contributed by atoms with van der Waals surface area (Å²) in [5.41, 5.74) is 2.30. The van der Waals surface area contributed by atoms with Crippen LogP contribution >= 0.6 is 24.0 Å². The van der Waals surface area contributed by atoms with Crippen molar-refractivity contribution >= 4 is 29.9 Å². The van der Waals surface area contributed by atoms with E-state index < -0.39 is 0 Å². The van der Waals surface area contributed by atoms with Gasteiger partial charge in [0.1, 0.15) is 12.4 Å². The van der Waals surface area contributed by atoms with Gasteiger partial charge in [-0.15, -0.1) is 24.0 Å². The average Bonchev–Trinajstić information content (AvgIpc) is 2.69. The van der Waals surface area contributed by atoms with Gasteiger partial charge in [0.2, 0.25) is 0 Å². The van der Waals surface area contributed by atoms with Gasteiger partial charge in [-0.2, -0.15) is 0 Å². The van der Waals surface area contributed by atoms with E-state index in [0.717, 1.165) is 42.5 Å². The lowest BCUT2D eigenvalue weighted by Gasteiger charge is -2.11. The van der Waals surface area contributed by atoms with Crippen LogP contribution < -0.4 is 15.4 Å². The van der Waals surface area contributed by atoms with Gasteiger partial charge in [-0.25, -0.2) is 4.99 Å². The van der Waals surface area contributed by atoms with E-state index in [-0.39, 0.29) is 24.0 Å². The number of aliphatic imine (C=N–C) groups is 1. The summed E-state index contributed by atoms with van der Waals surface area (Å²) in [7, 11) is 0. The molecule has 6 heteroatoms. The highest BCUT2D eigenvalue weighted by molar-refractivity contribution is 14.0. The van der Waals surface area contributed by atoms with Gasteiger partial charge in [-0.3, -0.25) is 0 Å². The Bertz CT molecular complexity index is 648. The standard InChI is InChI=1S/C21H29N3O2.HI/c1-3-22-21(23-14-15-25-4-2)24-16-18-10-12-20(13-11-18)26-17-19-8-6-5-7-9-19;/h5-13H,3-4,14-17H2,1-2H3,(H2,22,23,24);1H. The molecule has 0 saturated heterocycles. The zero-order valence-electron chi connectivity index (χ0n) is 16.1. The zero-order valence-corrected chi connectivity index (χ0v) is 18.4. The first-order chi connectivity index (χ1) is 12.8. The second-order valence-electron chi connectivity index (χ2n) is 5.74. The van der Waals surface area contributed by atoms with E-state index in [4.69, 9.17) is 9.47 Å². The second kappa shape index (κ2) is 14.3. The number of rotatable bonds is 10. The van der Waals surface area contributed by atoms with Crippen molar-refractivity contribution in [2.75, 3.05) is 26.3 Å². The minimum absolute atomic E-state index is 0. The van der Waals surface area contributed by atoms with Gasteiger partial charge in [-0.05, 0) is 37.1 Å². The molecule has 0 saturated carbocycles. The Balaban J connectivity index is 0.00000364. The van der Waals surface area contributed by atoms with Crippen LogP contribution in [0.3, 0.4) is 0 Å². The molecule has 5 nitrogen and oxygen atoms in total. The maximum atomic E-state index is 5.81. The van der Waals surface area contributed by atoms with E-state index in [2.05, 4.69) is 34.7 Å². The van der Waals surface area contributed by atoms with Crippen molar-refractivity contribution in [2.24, 2.45) is 4.99 Å². The van der Waals surface area contributed by atoms with Crippen molar-refractivity contribution in [3.05, 3.63) is 65.7 Å². The summed E-state index contributed by atoms with van der Waals surface area (Å²) in [5.74, 6) is 1.67. The third-order valence-electron chi connectivity index (χ3n) is 3.68. The molecule has 0 fully saturated rings. The molecule has 0 aliphatic carbocycles. The number of ether oxygens (including phenoxy) is 2. The fourth-order valence-corrected chi connectivity index (χ4v) is 2.33. The molecule has 2 rings (SSSR count). The molecule has 2 aromatic rings. The number of nitrogens with one attached hydrogen (secondary N) is 2. The normalized spacial score (nSPS) is 10.8. The van der Waals surface area contributed by atoms with Gasteiger partial charge in [0.25, 0.3) is 0 Å². The summed E-state index contributed by atoms with van der Waals surface area (Å²) < 4.78 is 11.1. The van der Waals surface area contributed by atoms with E-state index in [1.165, 1.54) is 0 Å². The molecule has 2 N–H and O–H groups in total. The fourth-order valence-electron chi connectivity index (χ4n) is 2.33. The third-order valence-corrected chi connectivity index (χ3v) is 3.68. The first-order valence-electron chi connectivity index (χ1n) is 9.17. The van der Waals surface area contributed by atoms with Crippen molar-refractivity contribution < 1.29 is 9.47 Å². The molecule has 0 bridgehead atoms. The van der Waals surface area contributed by atoms with E-state index >= 15 is 0 Å². The van der Waals surface area contributed by atoms with Crippen LogP contribution in [0.4, 0.5) is 0 Å². The van der Waals surface area contributed by atoms with Crippen LogP contribution in [0.25, 0.3) is 0 Å². The lowest BCUT2D eigenvalue weighted by molar-refractivity contribution is 0.152. The fraction of sp³-hybridized carbons (Fsp3) is 0.381. The van der Waals surface area contributed by atoms with Gasteiger partial charge in [-0.1, -0.05) is 42.5 Å². The quantitative estimate of drug-likeness (QED) is 0.233. The molecule has 0 amide bonds. The Morgan fingerprint density at radius 2 is 1.67 bits per heavy atom. The molecule has 0 aromatic heterocycles. The summed E-state index contributed by atoms with van der Waals surface area (Å²) in [6.07, 6.45) is 0. The second-order valence-corrected chi connectivity index (χ2v) is 5.74. The van der Waals surface area contributed by atoms with Crippen LogP contribution in [-0.2, 0) is 17.9 Å². The van der Waals surface area contributed by atoms with Crippen LogP contribution in [0.5, 0.6) is 5.75 Å². The number of guanidine groups is 1. The van der Waals surface area contributed by atoms with Crippen molar-refractivity contribution in [2.45, 2.75) is 27.0 Å². The zero-order chi connectivity index (χ0) is 18.5. The number of nitrogens with zero attached hydrogens (tertiary/aromatic N) is 1. The van der Waals surface area contributed by atoms with Crippen LogP contribution in [0.1, 0.15) is 25.0 Å². The Morgan fingerprint density at radius 3 is 2.33 bits per heavy atom. The van der Waals surface area contributed by atoms with E-state index in [1.54, 1.807) is 0 Å². The van der Waals surface area contributed by atoms with E-state index in [0.29, 0.717) is 19.8 Å². The molecule has 0 aliphatic rings. The first kappa shape index (κ1) is 23.2. The molecule has 2 aromatic carbocycles. The van der Waals surface area contributed by atoms with E-state index in [1.807, 2.05) is 49.4 Å². The van der Waals surface area contributed by atoms with Gasteiger partial charge in [0.15, 0.2) is 5.96 Å². The maximum Gasteiger partial charge on any atom is 0.191 e. The van der Waals surface area contributed by atoms with E-state index in [9.17, 15) is 0 Å². The molecule has 0 radical (unpaired) electrons. The molecule has 0 heterocycles. The number of halogens is 1. The number of hydrogen-bond acceptors (Lipinski definition) is 3. The molecule has 27 heavy (non-hydrogen) atoms. The van der Waals surface area contributed by atoms with Gasteiger partial charge in [0.05, 0.1) is 13.2 Å². The Kier molecular flexibility index (Phi) is 12.3. The van der Waals surface area contributed by atoms with Crippen molar-refractivity contribution in [3.8, 4) is 5.75 Å². The Morgan fingerprint density at radius 1 is 0.926 bits per heavy atom. The topological polar surface area (TPSA) is 54.9 Å². The predicted octanol–water partition coefficient (Wildman–Crippen LogP) is 3.98. The number of benzene rings is 2. The summed E-state index contributed by atoms with van der Waals surface area (Å²) in [6.45, 7) is 8.21. The van der Waals surface area contributed by atoms with Gasteiger partial charge in [0, 0.05) is 19.7 Å². The molecular weight excluding hydrogens is 453 g/mol. The maximum absolute atomic E-state index is 5.81. The van der Waals surface area contributed by atoms with Crippen LogP contribution in [0, 0.1) is 0 Å². The summed E-state index contributed by atoms with van der Waals surface area (Å²) in [5, 5.41) is 6.50. The monoisotopic (exact) mass is 483 g/mol. The highest BCUT2D eigenvalue weighted by Crippen LogP contribution is 2.14. The van der Waals surface area contributed by atoms with Crippen molar-refractivity contribution in [1.82, 2.24) is 10.6 Å². The number of hydrogen-bond donors (Lipinski definition) is 2. The van der Waals surface area contributed by atoms with Crippen LogP contribution in [0.15, 0.2) is 59.6 Å². The molecule has 0 spiro atoms. The first-order valence-corrected chi connectivity index (χ1v) is 9.17. The summed E-state index contributed by atoms with van der Waals surface area (Å²) in [6, 6.07) is 18.2. The lowest BCUT2D eigenvalue weighted by Crippen LogP contribution is -2.39. The predicted molar refractivity (Wildman–Crippen MR) is 122 cm³/mol. The molecular formula is C21H30IN3O2. The third kappa shape index (κ3) is 9.63. The summed E-state index contributed by atoms with van der Waals surface area (Å²) in [4.78, 5) is 4.60. The Hall–Kier alpha value is -1.80. The van der Waals surface area contributed by atoms with Gasteiger partial charge < -0.3 is 20.1 Å². The van der Waals surface area contributed by atoms with Crippen molar-refractivity contribution in [1.29, 1.82) is 0 Å². The lowest BCUT2D eigenvalue weighted by atomic mass is 10.2. The minimum atomic E-state index is 0. The molecule has 0 unspecified atom stereocenters. The average molecular weight is 483 g/mol. The summed E-state index contributed by atoms with van der Waals surface area (Å²) >= 11 is 0. The highest BCUT2D eigenvalue weighted by Gasteiger charge is 1.99. The molecule has 0 atom stereocenters. The SMILES string of the molecule is CCNC(=NCc1ccc(OCc2ccccc2)cc1)NCCOCC.I. The van der Waals surface area contributed by atoms with Crippen LogP contribution in [-0.4, -0.2) is 32.3 Å². The van der Waals surface area contributed by atoms with Gasteiger partial charge >= 0.3 is 0 Å². The minimum Gasteiger partial charge on any atom is -0.489 e. The molecule has 0 aliphatic heterocycles.